The highest BCUT2D eigenvalue weighted by molar-refractivity contribution is 7.07. The summed E-state index contributed by atoms with van der Waals surface area (Å²) >= 11 is 19.7. The summed E-state index contributed by atoms with van der Waals surface area (Å²) in [5.74, 6) is -0.138. The van der Waals surface area contributed by atoms with Gasteiger partial charge in [0.15, 0.2) is 4.80 Å². The van der Waals surface area contributed by atoms with Crippen LogP contribution in [0.3, 0.4) is 0 Å². The SMILES string of the molecule is CCN(CC)C(=O)C1=C(C)N=c2s/c(=C/c3ccc(Cl)cc3Cl)c(=O)n2[C@@H]1c1ccc(Cl)cc1. The smallest absolute Gasteiger partial charge is 0.271 e. The first-order chi connectivity index (χ1) is 16.2. The van der Waals surface area contributed by atoms with Crippen LogP contribution in [0.25, 0.3) is 6.08 Å². The molecule has 5 nitrogen and oxygen atoms in total. The quantitative estimate of drug-likeness (QED) is 0.459. The molecule has 9 heteroatoms. The Morgan fingerprint density at radius 3 is 2.35 bits per heavy atom. The number of aromatic nitrogens is 1. The van der Waals surface area contributed by atoms with Crippen LogP contribution in [0.1, 0.15) is 37.9 Å². The largest absolute Gasteiger partial charge is 0.339 e. The van der Waals surface area contributed by atoms with E-state index < -0.39 is 6.04 Å². The maximum atomic E-state index is 13.7. The van der Waals surface area contributed by atoms with Gasteiger partial charge in [-0.05, 0) is 62.2 Å². The van der Waals surface area contributed by atoms with Gasteiger partial charge in [0.2, 0.25) is 0 Å². The topological polar surface area (TPSA) is 54.7 Å². The highest BCUT2D eigenvalue weighted by atomic mass is 35.5. The van der Waals surface area contributed by atoms with Crippen LogP contribution >= 0.6 is 46.1 Å². The molecule has 2 aromatic carbocycles. The summed E-state index contributed by atoms with van der Waals surface area (Å²) in [7, 11) is 0. The third-order valence-electron chi connectivity index (χ3n) is 5.74. The Balaban J connectivity index is 1.97. The second-order valence-corrected chi connectivity index (χ2v) is 10.1. The number of likely N-dealkylation sites (N-methyl/N-ethyl adjacent to an activating group) is 1. The Hall–Kier alpha value is -2.38. The number of carbonyl (C=O) groups is 1. The summed E-state index contributed by atoms with van der Waals surface area (Å²) in [6.07, 6.45) is 1.73. The maximum Gasteiger partial charge on any atom is 0.271 e. The van der Waals surface area contributed by atoms with Gasteiger partial charge in [0.1, 0.15) is 0 Å². The van der Waals surface area contributed by atoms with Crippen molar-refractivity contribution in [3.8, 4) is 0 Å². The second kappa shape index (κ2) is 10.1. The van der Waals surface area contributed by atoms with Crippen LogP contribution in [0, 0.1) is 0 Å². The van der Waals surface area contributed by atoms with Gasteiger partial charge < -0.3 is 4.90 Å². The van der Waals surface area contributed by atoms with Crippen LogP contribution < -0.4 is 14.9 Å². The summed E-state index contributed by atoms with van der Waals surface area (Å²) < 4.78 is 2.05. The van der Waals surface area contributed by atoms with Crippen molar-refractivity contribution in [3.05, 3.63) is 99.6 Å². The number of allylic oxidation sites excluding steroid dienone is 1. The molecule has 0 saturated heterocycles. The Morgan fingerprint density at radius 1 is 1.09 bits per heavy atom. The molecule has 0 N–H and O–H groups in total. The zero-order valence-electron chi connectivity index (χ0n) is 18.8. The highest BCUT2D eigenvalue weighted by Gasteiger charge is 2.34. The van der Waals surface area contributed by atoms with E-state index in [1.165, 1.54) is 11.3 Å². The van der Waals surface area contributed by atoms with Crippen molar-refractivity contribution in [2.45, 2.75) is 26.8 Å². The number of nitrogens with zero attached hydrogens (tertiary/aromatic N) is 3. The molecule has 3 aromatic rings. The summed E-state index contributed by atoms with van der Waals surface area (Å²) in [4.78, 5) is 34.1. The van der Waals surface area contributed by atoms with Crippen LogP contribution in [-0.4, -0.2) is 28.5 Å². The molecule has 1 atom stereocenters. The van der Waals surface area contributed by atoms with Crippen molar-refractivity contribution in [2.24, 2.45) is 4.99 Å². The number of fused-ring (bicyclic) bond motifs is 1. The van der Waals surface area contributed by atoms with Gasteiger partial charge in [-0.2, -0.15) is 0 Å². The van der Waals surface area contributed by atoms with Crippen molar-refractivity contribution in [3.63, 3.8) is 0 Å². The minimum absolute atomic E-state index is 0.138. The number of hydrogen-bond donors (Lipinski definition) is 0. The molecule has 0 spiro atoms. The lowest BCUT2D eigenvalue weighted by Crippen LogP contribution is -2.43. The summed E-state index contributed by atoms with van der Waals surface area (Å²) in [6.45, 7) is 6.78. The van der Waals surface area contributed by atoms with Gasteiger partial charge in [-0.1, -0.05) is 64.3 Å². The normalized spacial score (nSPS) is 15.8. The first-order valence-electron chi connectivity index (χ1n) is 10.8. The first kappa shape index (κ1) is 24.7. The molecular formula is C25H22Cl3N3O2S. The lowest BCUT2D eigenvalue weighted by molar-refractivity contribution is -0.127. The van der Waals surface area contributed by atoms with Crippen molar-refractivity contribution < 1.29 is 4.79 Å². The van der Waals surface area contributed by atoms with Crippen LogP contribution in [0.2, 0.25) is 15.1 Å². The molecule has 1 aliphatic heterocycles. The van der Waals surface area contributed by atoms with Crippen LogP contribution in [0.5, 0.6) is 0 Å². The van der Waals surface area contributed by atoms with E-state index in [1.807, 2.05) is 32.9 Å². The fraction of sp³-hybridized carbons (Fsp3) is 0.240. The number of amides is 1. The zero-order chi connectivity index (χ0) is 24.6. The average Bonchev–Trinajstić information content (AvgIpc) is 3.10. The predicted molar refractivity (Wildman–Crippen MR) is 140 cm³/mol. The first-order valence-corrected chi connectivity index (χ1v) is 12.7. The van der Waals surface area contributed by atoms with E-state index in [0.29, 0.717) is 54.3 Å². The molecule has 1 aliphatic rings. The summed E-state index contributed by atoms with van der Waals surface area (Å²) in [5, 5.41) is 1.54. The third kappa shape index (κ3) is 4.60. The number of benzene rings is 2. The fourth-order valence-corrected chi connectivity index (χ4v) is 5.62. The molecule has 0 bridgehead atoms. The molecular weight excluding hydrogens is 513 g/mol. The van der Waals surface area contributed by atoms with E-state index in [2.05, 4.69) is 4.99 Å². The summed E-state index contributed by atoms with van der Waals surface area (Å²) in [6, 6.07) is 11.7. The lowest BCUT2D eigenvalue weighted by Gasteiger charge is -2.29. The molecule has 2 heterocycles. The summed E-state index contributed by atoms with van der Waals surface area (Å²) in [5.41, 5.74) is 2.29. The van der Waals surface area contributed by atoms with E-state index in [-0.39, 0.29) is 11.5 Å². The molecule has 0 saturated carbocycles. The molecule has 0 aliphatic carbocycles. The van der Waals surface area contributed by atoms with Crippen LogP contribution in [0.15, 0.2) is 63.5 Å². The molecule has 176 valence electrons. The maximum absolute atomic E-state index is 13.7. The van der Waals surface area contributed by atoms with Crippen molar-refractivity contribution in [1.82, 2.24) is 9.47 Å². The predicted octanol–water partition coefficient (Wildman–Crippen LogP) is 5.06. The van der Waals surface area contributed by atoms with Gasteiger partial charge in [0.05, 0.1) is 21.8 Å². The monoisotopic (exact) mass is 533 g/mol. The Kier molecular flexibility index (Phi) is 7.33. The number of thiazole rings is 1. The molecule has 0 radical (unpaired) electrons. The second-order valence-electron chi connectivity index (χ2n) is 7.78. The van der Waals surface area contributed by atoms with E-state index in [9.17, 15) is 9.59 Å². The molecule has 0 fully saturated rings. The van der Waals surface area contributed by atoms with Crippen LogP contribution in [0.4, 0.5) is 0 Å². The van der Waals surface area contributed by atoms with E-state index >= 15 is 0 Å². The third-order valence-corrected chi connectivity index (χ3v) is 7.53. The standard InChI is InChI=1S/C25H22Cl3N3O2S/c1-4-30(5-2)24(33)21-14(3)29-25-31(22(21)15-6-9-17(26)10-7-15)23(32)20(34-25)12-16-8-11-18(27)13-19(16)28/h6-13,22H,4-5H2,1-3H3/b20-12+/t22-/m1/s1. The Bertz CT molecular complexity index is 1470. The highest BCUT2D eigenvalue weighted by Crippen LogP contribution is 2.32. The number of hydrogen-bond acceptors (Lipinski definition) is 4. The minimum Gasteiger partial charge on any atom is -0.339 e. The molecule has 1 aromatic heterocycles. The zero-order valence-corrected chi connectivity index (χ0v) is 21.9. The molecule has 34 heavy (non-hydrogen) atoms. The lowest BCUT2D eigenvalue weighted by atomic mass is 9.94. The number of rotatable bonds is 5. The molecule has 0 unspecified atom stereocenters. The fourth-order valence-electron chi connectivity index (χ4n) is 4.00. The number of halogens is 3. The van der Waals surface area contributed by atoms with Crippen LogP contribution in [-0.2, 0) is 4.79 Å². The van der Waals surface area contributed by atoms with Gasteiger partial charge in [-0.25, -0.2) is 4.99 Å². The van der Waals surface area contributed by atoms with E-state index in [0.717, 1.165) is 5.56 Å². The van der Waals surface area contributed by atoms with Gasteiger partial charge in [0, 0.05) is 28.2 Å². The van der Waals surface area contributed by atoms with Crippen molar-refractivity contribution in [2.75, 3.05) is 13.1 Å². The number of carbonyl (C=O) groups excluding carboxylic acids is 1. The molecule has 1 amide bonds. The molecule has 4 rings (SSSR count). The minimum atomic E-state index is -0.621. The Labute approximate surface area is 216 Å². The van der Waals surface area contributed by atoms with E-state index in [4.69, 9.17) is 34.8 Å². The van der Waals surface area contributed by atoms with E-state index in [1.54, 1.807) is 45.9 Å². The van der Waals surface area contributed by atoms with Crippen molar-refractivity contribution >= 4 is 58.1 Å². The van der Waals surface area contributed by atoms with Gasteiger partial charge in [0.25, 0.3) is 11.5 Å². The Morgan fingerprint density at radius 2 is 1.74 bits per heavy atom. The average molecular weight is 535 g/mol. The van der Waals surface area contributed by atoms with Gasteiger partial charge in [-0.3, -0.25) is 14.2 Å². The van der Waals surface area contributed by atoms with Crippen molar-refractivity contribution in [1.29, 1.82) is 0 Å². The van der Waals surface area contributed by atoms with Gasteiger partial charge in [-0.15, -0.1) is 0 Å². The van der Waals surface area contributed by atoms with Gasteiger partial charge >= 0.3 is 0 Å².